The maximum absolute atomic E-state index is 12.9. The molecule has 0 spiro atoms. The first-order valence-corrected chi connectivity index (χ1v) is 11.4. The molecular weight excluding hydrogens is 400 g/mol. The van der Waals surface area contributed by atoms with E-state index >= 15 is 0 Å². The second kappa shape index (κ2) is 7.99. The van der Waals surface area contributed by atoms with Crippen LogP contribution in [-0.4, -0.2) is 33.5 Å². The summed E-state index contributed by atoms with van der Waals surface area (Å²) in [5.41, 5.74) is 1.62. The predicted octanol–water partition coefficient (Wildman–Crippen LogP) is 3.49. The van der Waals surface area contributed by atoms with Crippen LogP contribution >= 0.6 is 0 Å². The molecule has 3 aromatic carbocycles. The molecule has 1 aliphatic rings. The van der Waals surface area contributed by atoms with Gasteiger partial charge in [-0.2, -0.15) is 0 Å². The number of ether oxygens (including phenoxy) is 1. The summed E-state index contributed by atoms with van der Waals surface area (Å²) in [5.74, 6) is 0.480. The molecule has 4 rings (SSSR count). The summed E-state index contributed by atoms with van der Waals surface area (Å²) in [7, 11) is -3.73. The van der Waals surface area contributed by atoms with Crippen LogP contribution in [-0.2, 0) is 21.2 Å². The van der Waals surface area contributed by atoms with Gasteiger partial charge < -0.3 is 10.1 Å². The van der Waals surface area contributed by atoms with E-state index in [2.05, 4.69) is 5.32 Å². The second-order valence-corrected chi connectivity index (χ2v) is 9.38. The van der Waals surface area contributed by atoms with Crippen molar-refractivity contribution >= 4 is 32.4 Å². The highest BCUT2D eigenvalue weighted by Gasteiger charge is 2.36. The Morgan fingerprint density at radius 3 is 2.43 bits per heavy atom. The number of hydrogen-bond acceptors (Lipinski definition) is 4. The number of rotatable bonds is 7. The van der Waals surface area contributed by atoms with Crippen molar-refractivity contribution in [2.75, 3.05) is 17.4 Å². The van der Waals surface area contributed by atoms with Gasteiger partial charge in [0.2, 0.25) is 5.91 Å². The molecule has 0 fully saturated rings. The lowest BCUT2D eigenvalue weighted by atomic mass is 10.1. The van der Waals surface area contributed by atoms with Gasteiger partial charge in [-0.15, -0.1) is 0 Å². The Bertz CT molecular complexity index is 1180. The fourth-order valence-electron chi connectivity index (χ4n) is 3.67. The van der Waals surface area contributed by atoms with E-state index < -0.39 is 10.0 Å². The first kappa shape index (κ1) is 20.2. The molecule has 0 aromatic heterocycles. The molecule has 6 nitrogen and oxygen atoms in total. The number of carbonyl (C=O) groups is 1. The molecule has 1 N–H and O–H groups in total. The van der Waals surface area contributed by atoms with Crippen molar-refractivity contribution < 1.29 is 17.9 Å². The maximum Gasteiger partial charge on any atom is 0.265 e. The van der Waals surface area contributed by atoms with Gasteiger partial charge in [0, 0.05) is 11.9 Å². The summed E-state index contributed by atoms with van der Waals surface area (Å²) in [5, 5.41) is 4.35. The van der Waals surface area contributed by atoms with E-state index in [1.807, 2.05) is 50.2 Å². The van der Waals surface area contributed by atoms with E-state index in [0.29, 0.717) is 24.0 Å². The van der Waals surface area contributed by atoms with E-state index in [-0.39, 0.29) is 23.5 Å². The van der Waals surface area contributed by atoms with Crippen LogP contribution in [0.25, 0.3) is 10.8 Å². The quantitative estimate of drug-likeness (QED) is 0.630. The molecule has 0 aliphatic carbocycles. The second-order valence-electron chi connectivity index (χ2n) is 7.55. The number of amides is 1. The molecule has 0 bridgehead atoms. The summed E-state index contributed by atoms with van der Waals surface area (Å²) in [6.45, 7) is 4.14. The molecule has 30 heavy (non-hydrogen) atoms. The molecule has 1 heterocycles. The van der Waals surface area contributed by atoms with Crippen LogP contribution in [0, 0.1) is 0 Å². The molecule has 0 radical (unpaired) electrons. The third-order valence-electron chi connectivity index (χ3n) is 5.00. The van der Waals surface area contributed by atoms with E-state index in [1.165, 1.54) is 4.31 Å². The molecule has 0 saturated carbocycles. The Morgan fingerprint density at radius 1 is 1.03 bits per heavy atom. The minimum atomic E-state index is -3.73. The number of anilines is 1. The third kappa shape index (κ3) is 3.85. The molecule has 7 heteroatoms. The highest BCUT2D eigenvalue weighted by atomic mass is 32.2. The van der Waals surface area contributed by atoms with E-state index in [9.17, 15) is 13.2 Å². The van der Waals surface area contributed by atoms with Crippen molar-refractivity contribution in [1.29, 1.82) is 0 Å². The zero-order valence-electron chi connectivity index (χ0n) is 17.0. The monoisotopic (exact) mass is 424 g/mol. The topological polar surface area (TPSA) is 75.7 Å². The fraction of sp³-hybridized carbons (Fsp3) is 0.261. The largest absolute Gasteiger partial charge is 0.491 e. The minimum absolute atomic E-state index is 0.119. The predicted molar refractivity (Wildman–Crippen MR) is 117 cm³/mol. The number of carbonyl (C=O) groups excluding carboxylic acids is 1. The van der Waals surface area contributed by atoms with Gasteiger partial charge in [0.25, 0.3) is 10.0 Å². The van der Waals surface area contributed by atoms with Crippen molar-refractivity contribution in [3.8, 4) is 5.75 Å². The standard InChI is InChI=1S/C23H24N2O4S/c1-16(2)29-19-11-9-17(10-12-19)13-14-24-22(26)15-25-20-7-3-5-18-6-4-8-21(23(18)20)30(25,27)28/h3-12,16H,13-15H2,1-2H3,(H,24,26). The lowest BCUT2D eigenvalue weighted by molar-refractivity contribution is -0.119. The zero-order chi connectivity index (χ0) is 21.3. The van der Waals surface area contributed by atoms with Gasteiger partial charge in [-0.1, -0.05) is 36.4 Å². The van der Waals surface area contributed by atoms with Crippen LogP contribution < -0.4 is 14.4 Å². The summed E-state index contributed by atoms with van der Waals surface area (Å²) >= 11 is 0. The molecule has 3 aromatic rings. The smallest absolute Gasteiger partial charge is 0.265 e. The summed E-state index contributed by atoms with van der Waals surface area (Å²) in [4.78, 5) is 12.7. The number of benzene rings is 3. The Morgan fingerprint density at radius 2 is 1.73 bits per heavy atom. The molecular formula is C23H24N2O4S. The van der Waals surface area contributed by atoms with Gasteiger partial charge in [0.15, 0.2) is 0 Å². The van der Waals surface area contributed by atoms with Crippen molar-refractivity contribution in [3.63, 3.8) is 0 Å². The lowest BCUT2D eigenvalue weighted by Gasteiger charge is -2.18. The van der Waals surface area contributed by atoms with Gasteiger partial charge >= 0.3 is 0 Å². The van der Waals surface area contributed by atoms with Crippen molar-refractivity contribution in [2.45, 2.75) is 31.3 Å². The van der Waals surface area contributed by atoms with E-state index in [1.54, 1.807) is 24.3 Å². The highest BCUT2D eigenvalue weighted by molar-refractivity contribution is 7.93. The van der Waals surface area contributed by atoms with Crippen LogP contribution in [0.15, 0.2) is 65.6 Å². The van der Waals surface area contributed by atoms with Crippen molar-refractivity contribution in [1.82, 2.24) is 5.32 Å². The SMILES string of the molecule is CC(C)Oc1ccc(CCNC(=O)CN2c3cccc4cccc(c34)S2(=O)=O)cc1. The average Bonchev–Trinajstić information content (AvgIpc) is 2.92. The number of sulfonamides is 1. The van der Waals surface area contributed by atoms with Gasteiger partial charge in [0.1, 0.15) is 12.3 Å². The summed E-state index contributed by atoms with van der Waals surface area (Å²) in [6, 6.07) is 18.4. The fourth-order valence-corrected chi connectivity index (χ4v) is 5.33. The van der Waals surface area contributed by atoms with Crippen molar-refractivity contribution in [3.05, 3.63) is 66.2 Å². The molecule has 156 valence electrons. The third-order valence-corrected chi connectivity index (χ3v) is 6.80. The van der Waals surface area contributed by atoms with Crippen LogP contribution in [0.4, 0.5) is 5.69 Å². The van der Waals surface area contributed by atoms with Crippen molar-refractivity contribution in [2.24, 2.45) is 0 Å². The normalized spacial score (nSPS) is 14.3. The molecule has 0 saturated heterocycles. The van der Waals surface area contributed by atoms with Crippen LogP contribution in [0.5, 0.6) is 5.75 Å². The van der Waals surface area contributed by atoms with Gasteiger partial charge in [-0.25, -0.2) is 8.42 Å². The molecule has 0 atom stereocenters. The molecule has 1 amide bonds. The highest BCUT2D eigenvalue weighted by Crippen LogP contribution is 2.41. The van der Waals surface area contributed by atoms with Crippen LogP contribution in [0.1, 0.15) is 19.4 Å². The average molecular weight is 425 g/mol. The van der Waals surface area contributed by atoms with E-state index in [4.69, 9.17) is 4.74 Å². The zero-order valence-corrected chi connectivity index (χ0v) is 17.8. The number of hydrogen-bond donors (Lipinski definition) is 1. The van der Waals surface area contributed by atoms with Gasteiger partial charge in [0.05, 0.1) is 16.7 Å². The Labute approximate surface area is 176 Å². The Kier molecular flexibility index (Phi) is 5.39. The first-order valence-electron chi connectivity index (χ1n) is 9.93. The van der Waals surface area contributed by atoms with Crippen LogP contribution in [0.3, 0.4) is 0 Å². The number of nitrogens with one attached hydrogen (secondary N) is 1. The van der Waals surface area contributed by atoms with Gasteiger partial charge in [-0.05, 0) is 55.5 Å². The number of nitrogens with zero attached hydrogens (tertiary/aromatic N) is 1. The molecule has 1 aliphatic heterocycles. The first-order chi connectivity index (χ1) is 14.4. The Hall–Kier alpha value is -3.06. The lowest BCUT2D eigenvalue weighted by Crippen LogP contribution is -2.39. The molecule has 0 unspecified atom stereocenters. The summed E-state index contributed by atoms with van der Waals surface area (Å²) < 4.78 is 32.7. The van der Waals surface area contributed by atoms with Gasteiger partial charge in [-0.3, -0.25) is 9.10 Å². The maximum atomic E-state index is 12.9. The Balaban J connectivity index is 1.39. The van der Waals surface area contributed by atoms with Crippen LogP contribution in [0.2, 0.25) is 0 Å². The summed E-state index contributed by atoms with van der Waals surface area (Å²) in [6.07, 6.45) is 0.769. The minimum Gasteiger partial charge on any atom is -0.491 e. The van der Waals surface area contributed by atoms with E-state index in [0.717, 1.165) is 16.7 Å².